The van der Waals surface area contributed by atoms with Gasteiger partial charge in [-0.05, 0) is 25.0 Å². The molecule has 1 aromatic rings. The molecule has 0 aromatic carbocycles. The topological polar surface area (TPSA) is 56.3 Å². The third kappa shape index (κ3) is 2.52. The Morgan fingerprint density at radius 3 is 3.06 bits per heavy atom. The van der Waals surface area contributed by atoms with Crippen LogP contribution >= 0.6 is 0 Å². The molecule has 96 valence electrons. The summed E-state index contributed by atoms with van der Waals surface area (Å²) in [7, 11) is 0. The van der Waals surface area contributed by atoms with Gasteiger partial charge in [0.25, 0.3) is 0 Å². The van der Waals surface area contributed by atoms with Crippen molar-refractivity contribution in [2.24, 2.45) is 0 Å². The lowest BCUT2D eigenvalue weighted by Gasteiger charge is -2.17. The minimum absolute atomic E-state index is 0.209. The molecule has 3 rings (SSSR count). The van der Waals surface area contributed by atoms with E-state index in [1.165, 1.54) is 5.57 Å². The van der Waals surface area contributed by atoms with Gasteiger partial charge in [0.2, 0.25) is 5.88 Å². The second kappa shape index (κ2) is 5.46. The van der Waals surface area contributed by atoms with E-state index in [2.05, 4.69) is 21.4 Å². The standard InChI is InChI=1S/C13H17N3O2/c1-4-14-9-11(1)18-13-12(15-5-6-16-13)10-2-7-17-8-3-10/h2,5-6,11,14H,1,3-4,7-9H2/t11-/m0/s1. The van der Waals surface area contributed by atoms with Crippen LogP contribution in [0.15, 0.2) is 18.5 Å². The van der Waals surface area contributed by atoms with Crippen LogP contribution in [0.25, 0.3) is 5.57 Å². The fourth-order valence-electron chi connectivity index (χ4n) is 2.26. The number of nitrogens with zero attached hydrogens (tertiary/aromatic N) is 2. The Morgan fingerprint density at radius 2 is 2.28 bits per heavy atom. The molecule has 18 heavy (non-hydrogen) atoms. The first-order valence-electron chi connectivity index (χ1n) is 6.39. The Kier molecular flexibility index (Phi) is 3.52. The molecule has 5 nitrogen and oxygen atoms in total. The summed E-state index contributed by atoms with van der Waals surface area (Å²) in [5.74, 6) is 0.652. The highest BCUT2D eigenvalue weighted by atomic mass is 16.5. The molecule has 1 atom stereocenters. The molecule has 0 amide bonds. The summed E-state index contributed by atoms with van der Waals surface area (Å²) < 4.78 is 11.3. The first kappa shape index (κ1) is 11.6. The van der Waals surface area contributed by atoms with Gasteiger partial charge in [-0.2, -0.15) is 0 Å². The number of nitrogens with one attached hydrogen (secondary N) is 1. The van der Waals surface area contributed by atoms with Gasteiger partial charge in [0.1, 0.15) is 11.8 Å². The van der Waals surface area contributed by atoms with Crippen molar-refractivity contribution in [2.75, 3.05) is 26.3 Å². The zero-order chi connectivity index (χ0) is 12.2. The number of hydrogen-bond donors (Lipinski definition) is 1. The minimum atomic E-state index is 0.209. The lowest BCUT2D eigenvalue weighted by molar-refractivity contribution is 0.161. The maximum Gasteiger partial charge on any atom is 0.240 e. The highest BCUT2D eigenvalue weighted by Gasteiger charge is 2.20. The summed E-state index contributed by atoms with van der Waals surface area (Å²) in [5.41, 5.74) is 2.04. The molecular weight excluding hydrogens is 230 g/mol. The van der Waals surface area contributed by atoms with Crippen LogP contribution in [-0.4, -0.2) is 42.4 Å². The molecule has 0 unspecified atom stereocenters. The van der Waals surface area contributed by atoms with E-state index >= 15 is 0 Å². The second-order valence-corrected chi connectivity index (χ2v) is 4.50. The monoisotopic (exact) mass is 247 g/mol. The number of ether oxygens (including phenoxy) is 2. The highest BCUT2D eigenvalue weighted by molar-refractivity contribution is 5.66. The van der Waals surface area contributed by atoms with Crippen LogP contribution in [0.3, 0.4) is 0 Å². The molecule has 5 heteroatoms. The van der Waals surface area contributed by atoms with Crippen LogP contribution in [0.4, 0.5) is 0 Å². The van der Waals surface area contributed by atoms with Crippen LogP contribution in [-0.2, 0) is 4.74 Å². The van der Waals surface area contributed by atoms with E-state index in [4.69, 9.17) is 9.47 Å². The fourth-order valence-corrected chi connectivity index (χ4v) is 2.26. The van der Waals surface area contributed by atoms with Crippen molar-refractivity contribution in [1.29, 1.82) is 0 Å². The van der Waals surface area contributed by atoms with E-state index in [0.29, 0.717) is 12.5 Å². The molecule has 0 bridgehead atoms. The van der Waals surface area contributed by atoms with E-state index in [1.54, 1.807) is 12.4 Å². The SMILES string of the molecule is C1=C(c2nccnc2O[C@H]2CCNC2)CCOC1. The molecule has 3 heterocycles. The van der Waals surface area contributed by atoms with Crippen molar-refractivity contribution < 1.29 is 9.47 Å². The third-order valence-electron chi connectivity index (χ3n) is 3.23. The molecule has 2 aliphatic heterocycles. The van der Waals surface area contributed by atoms with Crippen molar-refractivity contribution in [2.45, 2.75) is 18.9 Å². The van der Waals surface area contributed by atoms with Gasteiger partial charge in [-0.25, -0.2) is 9.97 Å². The van der Waals surface area contributed by atoms with Crippen molar-refractivity contribution in [3.05, 3.63) is 24.2 Å². The smallest absolute Gasteiger partial charge is 0.240 e. The number of hydrogen-bond acceptors (Lipinski definition) is 5. The molecule has 1 aromatic heterocycles. The van der Waals surface area contributed by atoms with Gasteiger partial charge in [0.15, 0.2) is 0 Å². The molecule has 0 spiro atoms. The molecule has 1 saturated heterocycles. The largest absolute Gasteiger partial charge is 0.471 e. The Labute approximate surface area is 106 Å². The van der Waals surface area contributed by atoms with Gasteiger partial charge in [-0.1, -0.05) is 6.08 Å². The molecular formula is C13H17N3O2. The van der Waals surface area contributed by atoms with Crippen LogP contribution in [0.5, 0.6) is 5.88 Å². The van der Waals surface area contributed by atoms with Crippen LogP contribution in [0.1, 0.15) is 18.5 Å². The van der Waals surface area contributed by atoms with Gasteiger partial charge in [0.05, 0.1) is 13.2 Å². The summed E-state index contributed by atoms with van der Waals surface area (Å²) in [4.78, 5) is 8.74. The first-order chi connectivity index (χ1) is 8.93. The average Bonchev–Trinajstić information content (AvgIpc) is 2.93. The Morgan fingerprint density at radius 1 is 1.33 bits per heavy atom. The van der Waals surface area contributed by atoms with Gasteiger partial charge in [-0.15, -0.1) is 0 Å². The van der Waals surface area contributed by atoms with Crippen LogP contribution in [0, 0.1) is 0 Å². The van der Waals surface area contributed by atoms with E-state index in [1.807, 2.05) is 0 Å². The zero-order valence-electron chi connectivity index (χ0n) is 10.3. The number of aromatic nitrogens is 2. The third-order valence-corrected chi connectivity index (χ3v) is 3.23. The number of rotatable bonds is 3. The summed E-state index contributed by atoms with van der Waals surface area (Å²) in [6.45, 7) is 3.29. The van der Waals surface area contributed by atoms with Gasteiger partial charge >= 0.3 is 0 Å². The summed E-state index contributed by atoms with van der Waals surface area (Å²) >= 11 is 0. The van der Waals surface area contributed by atoms with Crippen LogP contribution in [0.2, 0.25) is 0 Å². The minimum Gasteiger partial charge on any atom is -0.471 e. The van der Waals surface area contributed by atoms with Crippen molar-refractivity contribution in [1.82, 2.24) is 15.3 Å². The molecule has 0 radical (unpaired) electrons. The lowest BCUT2D eigenvalue weighted by Crippen LogP contribution is -2.21. The van der Waals surface area contributed by atoms with E-state index in [9.17, 15) is 0 Å². The molecule has 2 aliphatic rings. The Bertz CT molecular complexity index is 442. The molecule has 1 fully saturated rings. The van der Waals surface area contributed by atoms with Crippen molar-refractivity contribution >= 4 is 5.57 Å². The maximum atomic E-state index is 5.94. The van der Waals surface area contributed by atoms with Crippen LogP contribution < -0.4 is 10.1 Å². The normalized spacial score (nSPS) is 23.8. The van der Waals surface area contributed by atoms with Gasteiger partial charge in [-0.3, -0.25) is 0 Å². The van der Waals surface area contributed by atoms with Crippen molar-refractivity contribution in [3.63, 3.8) is 0 Å². The second-order valence-electron chi connectivity index (χ2n) is 4.50. The zero-order valence-corrected chi connectivity index (χ0v) is 10.3. The predicted octanol–water partition coefficient (Wildman–Crippen LogP) is 1.02. The predicted molar refractivity (Wildman–Crippen MR) is 67.3 cm³/mol. The van der Waals surface area contributed by atoms with E-state index in [-0.39, 0.29) is 6.10 Å². The van der Waals surface area contributed by atoms with E-state index in [0.717, 1.165) is 38.2 Å². The van der Waals surface area contributed by atoms with Gasteiger partial charge in [0, 0.05) is 18.9 Å². The Balaban J connectivity index is 1.82. The molecule has 0 aliphatic carbocycles. The summed E-state index contributed by atoms with van der Waals surface area (Å²) in [6.07, 6.45) is 7.57. The summed E-state index contributed by atoms with van der Waals surface area (Å²) in [6, 6.07) is 0. The summed E-state index contributed by atoms with van der Waals surface area (Å²) in [5, 5.41) is 3.28. The lowest BCUT2D eigenvalue weighted by atomic mass is 10.1. The van der Waals surface area contributed by atoms with Gasteiger partial charge < -0.3 is 14.8 Å². The quantitative estimate of drug-likeness (QED) is 0.864. The fraction of sp³-hybridized carbons (Fsp3) is 0.538. The molecule has 0 saturated carbocycles. The highest BCUT2D eigenvalue weighted by Crippen LogP contribution is 2.27. The first-order valence-corrected chi connectivity index (χ1v) is 6.39. The van der Waals surface area contributed by atoms with Crippen molar-refractivity contribution in [3.8, 4) is 5.88 Å². The Hall–Kier alpha value is -1.46. The molecule has 1 N–H and O–H groups in total. The average molecular weight is 247 g/mol. The van der Waals surface area contributed by atoms with E-state index < -0.39 is 0 Å². The maximum absolute atomic E-state index is 5.94.